The van der Waals surface area contributed by atoms with Gasteiger partial charge < -0.3 is 11.5 Å². The van der Waals surface area contributed by atoms with Crippen molar-refractivity contribution >= 4 is 0 Å². The summed E-state index contributed by atoms with van der Waals surface area (Å²) in [6.45, 7) is 2.67. The first kappa shape index (κ1) is 13.8. The van der Waals surface area contributed by atoms with Crippen molar-refractivity contribution in [3.63, 3.8) is 0 Å². The molecule has 2 rings (SSSR count). The molecule has 0 radical (unpaired) electrons. The van der Waals surface area contributed by atoms with E-state index in [1.165, 1.54) is 16.7 Å². The van der Waals surface area contributed by atoms with Gasteiger partial charge in [0.1, 0.15) is 0 Å². The molecule has 0 fully saturated rings. The van der Waals surface area contributed by atoms with Crippen molar-refractivity contribution in [2.45, 2.75) is 25.3 Å². The van der Waals surface area contributed by atoms with E-state index in [9.17, 15) is 0 Å². The maximum atomic E-state index is 6.35. The van der Waals surface area contributed by atoms with E-state index in [0.717, 1.165) is 6.42 Å². The largest absolute Gasteiger partial charge is 0.330 e. The molecule has 0 amide bonds. The van der Waals surface area contributed by atoms with Crippen LogP contribution < -0.4 is 11.5 Å². The molecule has 0 saturated carbocycles. The quantitative estimate of drug-likeness (QED) is 0.861. The third-order valence-electron chi connectivity index (χ3n) is 3.59. The summed E-state index contributed by atoms with van der Waals surface area (Å²) in [7, 11) is 0. The predicted octanol–water partition coefficient (Wildman–Crippen LogP) is 2.61. The van der Waals surface area contributed by atoms with E-state index in [4.69, 9.17) is 11.5 Å². The van der Waals surface area contributed by atoms with Crippen LogP contribution >= 0.6 is 0 Å². The van der Waals surface area contributed by atoms with Gasteiger partial charge in [-0.2, -0.15) is 0 Å². The predicted molar refractivity (Wildman–Crippen MR) is 81.1 cm³/mol. The molecule has 0 aliphatic rings. The fraction of sp³-hybridized carbons (Fsp3) is 0.294. The lowest BCUT2D eigenvalue weighted by Gasteiger charge is -2.23. The minimum absolute atomic E-state index is 0.0510. The molecule has 2 aromatic carbocycles. The monoisotopic (exact) mass is 254 g/mol. The number of hydrogen-bond acceptors (Lipinski definition) is 2. The Balaban J connectivity index is 2.11. The number of nitrogens with two attached hydrogens (primary N) is 2. The molecule has 0 saturated heterocycles. The van der Waals surface area contributed by atoms with Gasteiger partial charge in [0.2, 0.25) is 0 Å². The van der Waals surface area contributed by atoms with Crippen molar-refractivity contribution in [3.8, 4) is 0 Å². The van der Waals surface area contributed by atoms with Crippen molar-refractivity contribution in [2.24, 2.45) is 11.5 Å². The fourth-order valence-electron chi connectivity index (χ4n) is 2.40. The van der Waals surface area contributed by atoms with Crippen molar-refractivity contribution < 1.29 is 0 Å². The second kappa shape index (κ2) is 6.50. The number of aryl methyl sites for hydroxylation is 1. The van der Waals surface area contributed by atoms with Crippen LogP contribution in [0.25, 0.3) is 0 Å². The Morgan fingerprint density at radius 2 is 1.58 bits per heavy atom. The molecule has 0 bridgehead atoms. The second-order valence-corrected chi connectivity index (χ2v) is 5.11. The SMILES string of the molecule is Cc1ccc(C(CN)C(N)Cc2ccccc2)cc1. The summed E-state index contributed by atoms with van der Waals surface area (Å²) >= 11 is 0. The Hall–Kier alpha value is -1.64. The number of rotatable bonds is 5. The summed E-state index contributed by atoms with van der Waals surface area (Å²) < 4.78 is 0. The van der Waals surface area contributed by atoms with E-state index in [1.54, 1.807) is 0 Å². The van der Waals surface area contributed by atoms with Crippen LogP contribution in [-0.2, 0) is 6.42 Å². The van der Waals surface area contributed by atoms with Gasteiger partial charge in [-0.15, -0.1) is 0 Å². The topological polar surface area (TPSA) is 52.0 Å². The zero-order valence-corrected chi connectivity index (χ0v) is 11.4. The molecular weight excluding hydrogens is 232 g/mol. The third kappa shape index (κ3) is 3.66. The summed E-state index contributed by atoms with van der Waals surface area (Å²) in [5, 5.41) is 0. The Morgan fingerprint density at radius 1 is 0.947 bits per heavy atom. The Bertz CT molecular complexity index is 490. The van der Waals surface area contributed by atoms with Gasteiger partial charge in [0.15, 0.2) is 0 Å². The maximum absolute atomic E-state index is 6.35. The Kier molecular flexibility index (Phi) is 4.72. The second-order valence-electron chi connectivity index (χ2n) is 5.11. The highest BCUT2D eigenvalue weighted by Crippen LogP contribution is 2.20. The van der Waals surface area contributed by atoms with Crippen LogP contribution in [-0.4, -0.2) is 12.6 Å². The average Bonchev–Trinajstić information content (AvgIpc) is 2.43. The summed E-state index contributed by atoms with van der Waals surface area (Å²) in [6.07, 6.45) is 0.858. The number of benzene rings is 2. The number of hydrogen-bond donors (Lipinski definition) is 2. The van der Waals surface area contributed by atoms with Gasteiger partial charge in [-0.1, -0.05) is 60.2 Å². The molecule has 0 aromatic heterocycles. The molecule has 2 unspecified atom stereocenters. The van der Waals surface area contributed by atoms with E-state index < -0.39 is 0 Å². The van der Waals surface area contributed by atoms with Gasteiger partial charge in [0.25, 0.3) is 0 Å². The molecule has 2 heteroatoms. The van der Waals surface area contributed by atoms with E-state index in [0.29, 0.717) is 6.54 Å². The van der Waals surface area contributed by atoms with Crippen molar-refractivity contribution in [1.29, 1.82) is 0 Å². The normalized spacial score (nSPS) is 14.1. The van der Waals surface area contributed by atoms with Crippen LogP contribution in [0.1, 0.15) is 22.6 Å². The van der Waals surface area contributed by atoms with Crippen molar-refractivity contribution in [1.82, 2.24) is 0 Å². The van der Waals surface area contributed by atoms with Crippen LogP contribution in [0.2, 0.25) is 0 Å². The van der Waals surface area contributed by atoms with Gasteiger partial charge in [-0.05, 0) is 24.5 Å². The van der Waals surface area contributed by atoms with Gasteiger partial charge in [0.05, 0.1) is 0 Å². The minimum atomic E-state index is 0.0510. The van der Waals surface area contributed by atoms with E-state index >= 15 is 0 Å². The van der Waals surface area contributed by atoms with E-state index in [1.807, 2.05) is 18.2 Å². The maximum Gasteiger partial charge on any atom is 0.0161 e. The summed E-state index contributed by atoms with van der Waals surface area (Å²) in [5.41, 5.74) is 16.0. The smallest absolute Gasteiger partial charge is 0.0161 e. The first-order valence-electron chi connectivity index (χ1n) is 6.77. The standard InChI is InChI=1S/C17H22N2/c1-13-7-9-15(10-8-13)16(12-18)17(19)11-14-5-3-2-4-6-14/h2-10,16-17H,11-12,18-19H2,1H3. The van der Waals surface area contributed by atoms with Crippen molar-refractivity contribution in [2.75, 3.05) is 6.54 Å². The van der Waals surface area contributed by atoms with Gasteiger partial charge in [-0.25, -0.2) is 0 Å². The summed E-state index contributed by atoms with van der Waals surface area (Å²) in [6, 6.07) is 18.9. The van der Waals surface area contributed by atoms with Gasteiger partial charge in [0, 0.05) is 18.5 Å². The molecule has 0 aliphatic heterocycles. The van der Waals surface area contributed by atoms with E-state index in [-0.39, 0.29) is 12.0 Å². The van der Waals surface area contributed by atoms with Crippen LogP contribution in [0.3, 0.4) is 0 Å². The highest BCUT2D eigenvalue weighted by atomic mass is 14.7. The molecule has 2 atom stereocenters. The van der Waals surface area contributed by atoms with Crippen molar-refractivity contribution in [3.05, 3.63) is 71.3 Å². The lowest BCUT2D eigenvalue weighted by Crippen LogP contribution is -2.35. The Labute approximate surface area is 115 Å². The first-order valence-corrected chi connectivity index (χ1v) is 6.77. The molecule has 4 N–H and O–H groups in total. The molecule has 0 aliphatic carbocycles. The highest BCUT2D eigenvalue weighted by Gasteiger charge is 2.18. The summed E-state index contributed by atoms with van der Waals surface area (Å²) in [5.74, 6) is 0.209. The first-order chi connectivity index (χ1) is 9.20. The molecule has 0 spiro atoms. The summed E-state index contributed by atoms with van der Waals surface area (Å²) in [4.78, 5) is 0. The fourth-order valence-corrected chi connectivity index (χ4v) is 2.40. The molecule has 0 heterocycles. The molecule has 100 valence electrons. The lowest BCUT2D eigenvalue weighted by molar-refractivity contribution is 0.535. The van der Waals surface area contributed by atoms with Crippen LogP contribution in [0.15, 0.2) is 54.6 Å². The highest BCUT2D eigenvalue weighted by molar-refractivity contribution is 5.27. The van der Waals surface area contributed by atoms with Crippen LogP contribution in [0.4, 0.5) is 0 Å². The average molecular weight is 254 g/mol. The van der Waals surface area contributed by atoms with Gasteiger partial charge in [-0.3, -0.25) is 0 Å². The van der Waals surface area contributed by atoms with Crippen LogP contribution in [0.5, 0.6) is 0 Å². The minimum Gasteiger partial charge on any atom is -0.330 e. The van der Waals surface area contributed by atoms with Crippen LogP contribution in [0, 0.1) is 6.92 Å². The Morgan fingerprint density at radius 3 is 2.16 bits per heavy atom. The zero-order chi connectivity index (χ0) is 13.7. The molecule has 2 nitrogen and oxygen atoms in total. The molecular formula is C17H22N2. The van der Waals surface area contributed by atoms with Gasteiger partial charge >= 0.3 is 0 Å². The lowest BCUT2D eigenvalue weighted by atomic mass is 9.88. The van der Waals surface area contributed by atoms with E-state index in [2.05, 4.69) is 43.3 Å². The molecule has 19 heavy (non-hydrogen) atoms. The third-order valence-corrected chi connectivity index (χ3v) is 3.59. The zero-order valence-electron chi connectivity index (χ0n) is 11.4. The molecule has 2 aromatic rings.